The Balaban J connectivity index is 1.55. The molecule has 0 radical (unpaired) electrons. The third-order valence-corrected chi connectivity index (χ3v) is 5.78. The van der Waals surface area contributed by atoms with Crippen LogP contribution in [0.5, 0.6) is 0 Å². The molecule has 5 nitrogen and oxygen atoms in total. The smallest absolute Gasteiger partial charge is 0.337 e. The normalized spacial score (nSPS) is 15.7. The zero-order valence-corrected chi connectivity index (χ0v) is 17.1. The topological polar surface area (TPSA) is 69.6 Å². The Morgan fingerprint density at radius 3 is 2.52 bits per heavy atom. The highest BCUT2D eigenvalue weighted by molar-refractivity contribution is 6.08. The summed E-state index contributed by atoms with van der Waals surface area (Å²) in [7, 11) is 0. The molecule has 4 rings (SSSR count). The molecule has 1 heterocycles. The van der Waals surface area contributed by atoms with Crippen LogP contribution in [-0.2, 0) is 0 Å². The van der Waals surface area contributed by atoms with E-state index in [1.807, 2.05) is 12.1 Å². The number of carboxylic acids is 1. The number of carbonyl (C=O) groups excluding carboxylic acids is 1. The third kappa shape index (κ3) is 4.28. The molecule has 1 amide bonds. The molecular formula is C25H23FN2O3. The van der Waals surface area contributed by atoms with Crippen LogP contribution in [0.2, 0.25) is 0 Å². The lowest BCUT2D eigenvalue weighted by Gasteiger charge is -2.21. The van der Waals surface area contributed by atoms with E-state index in [1.165, 1.54) is 29.3 Å². The van der Waals surface area contributed by atoms with Gasteiger partial charge in [0.1, 0.15) is 5.82 Å². The molecule has 0 bridgehead atoms. The number of nitrogens with one attached hydrogen (secondary N) is 1. The Bertz CT molecular complexity index is 1150. The molecule has 3 aromatic rings. The van der Waals surface area contributed by atoms with E-state index >= 15 is 0 Å². The molecule has 1 fully saturated rings. The fourth-order valence-corrected chi connectivity index (χ4v) is 4.14. The van der Waals surface area contributed by atoms with Crippen LogP contribution in [0.25, 0.3) is 0 Å². The van der Waals surface area contributed by atoms with E-state index in [0.29, 0.717) is 5.92 Å². The summed E-state index contributed by atoms with van der Waals surface area (Å²) >= 11 is 0. The molecule has 3 aromatic carbocycles. The van der Waals surface area contributed by atoms with Gasteiger partial charge in [-0.2, -0.15) is 0 Å². The number of aromatic carboxylic acids is 1. The molecule has 1 aliphatic rings. The molecule has 0 saturated carbocycles. The first-order chi connectivity index (χ1) is 14.9. The Morgan fingerprint density at radius 1 is 1.03 bits per heavy atom. The largest absolute Gasteiger partial charge is 0.478 e. The standard InChI is InChI=1S/C25H23FN2O3/c1-16-6-2-3-7-19(16)17-12-13-28(15-17)18-10-11-23(21(14-18)25(30)31)27-24(29)20-8-4-5-9-22(20)26/h2-11,14,17H,12-13,15H2,1H3,(H,27,29)(H,30,31). The Labute approximate surface area is 180 Å². The maximum absolute atomic E-state index is 13.9. The van der Waals surface area contributed by atoms with Crippen molar-refractivity contribution >= 4 is 23.3 Å². The van der Waals surface area contributed by atoms with Crippen molar-refractivity contribution in [3.63, 3.8) is 0 Å². The van der Waals surface area contributed by atoms with Gasteiger partial charge < -0.3 is 15.3 Å². The van der Waals surface area contributed by atoms with Gasteiger partial charge in [0.2, 0.25) is 0 Å². The van der Waals surface area contributed by atoms with E-state index in [0.717, 1.165) is 25.2 Å². The molecule has 2 N–H and O–H groups in total. The van der Waals surface area contributed by atoms with Gasteiger partial charge >= 0.3 is 5.97 Å². The lowest BCUT2D eigenvalue weighted by molar-refractivity contribution is 0.0698. The van der Waals surface area contributed by atoms with Gasteiger partial charge in [-0.05, 0) is 54.8 Å². The molecular weight excluding hydrogens is 395 g/mol. The van der Waals surface area contributed by atoms with Crippen LogP contribution >= 0.6 is 0 Å². The van der Waals surface area contributed by atoms with Gasteiger partial charge in [0.15, 0.2) is 0 Å². The second-order valence-electron chi connectivity index (χ2n) is 7.76. The second-order valence-corrected chi connectivity index (χ2v) is 7.76. The van der Waals surface area contributed by atoms with Crippen molar-refractivity contribution in [3.05, 3.63) is 94.8 Å². The predicted octanol–water partition coefficient (Wildman–Crippen LogP) is 5.08. The van der Waals surface area contributed by atoms with E-state index in [9.17, 15) is 19.1 Å². The van der Waals surface area contributed by atoms with Gasteiger partial charge in [0.05, 0.1) is 16.8 Å². The number of carboxylic acid groups (broad SMARTS) is 1. The summed E-state index contributed by atoms with van der Waals surface area (Å²) in [5.41, 5.74) is 3.34. The second kappa shape index (κ2) is 8.60. The van der Waals surface area contributed by atoms with Crippen molar-refractivity contribution in [2.75, 3.05) is 23.3 Å². The number of nitrogens with zero attached hydrogens (tertiary/aromatic N) is 1. The molecule has 0 spiro atoms. The van der Waals surface area contributed by atoms with Crippen molar-refractivity contribution in [1.82, 2.24) is 0 Å². The summed E-state index contributed by atoms with van der Waals surface area (Å²) in [6, 6.07) is 18.8. The number of amides is 1. The van der Waals surface area contributed by atoms with Crippen LogP contribution in [0.1, 0.15) is 44.2 Å². The zero-order chi connectivity index (χ0) is 22.0. The monoisotopic (exact) mass is 418 g/mol. The minimum Gasteiger partial charge on any atom is -0.478 e. The van der Waals surface area contributed by atoms with Gasteiger partial charge in [-0.3, -0.25) is 4.79 Å². The van der Waals surface area contributed by atoms with Crippen LogP contribution in [0, 0.1) is 12.7 Å². The summed E-state index contributed by atoms with van der Waals surface area (Å²) in [6.07, 6.45) is 0.985. The van der Waals surface area contributed by atoms with Crippen LogP contribution in [0.4, 0.5) is 15.8 Å². The average Bonchev–Trinajstić information content (AvgIpc) is 3.24. The highest BCUT2D eigenvalue weighted by atomic mass is 19.1. The first kappa shape index (κ1) is 20.6. The lowest BCUT2D eigenvalue weighted by atomic mass is 9.94. The number of hydrogen-bond acceptors (Lipinski definition) is 3. The summed E-state index contributed by atoms with van der Waals surface area (Å²) in [6.45, 7) is 3.72. The van der Waals surface area contributed by atoms with Gasteiger partial charge in [-0.1, -0.05) is 36.4 Å². The molecule has 1 aliphatic heterocycles. The molecule has 1 unspecified atom stereocenters. The fourth-order valence-electron chi connectivity index (χ4n) is 4.14. The average molecular weight is 418 g/mol. The van der Waals surface area contributed by atoms with Crippen LogP contribution in [0.3, 0.4) is 0 Å². The number of hydrogen-bond donors (Lipinski definition) is 2. The highest BCUT2D eigenvalue weighted by Gasteiger charge is 2.26. The van der Waals surface area contributed by atoms with E-state index < -0.39 is 17.7 Å². The van der Waals surface area contributed by atoms with Crippen molar-refractivity contribution in [3.8, 4) is 0 Å². The van der Waals surface area contributed by atoms with Crippen molar-refractivity contribution < 1.29 is 19.1 Å². The molecule has 1 atom stereocenters. The number of halogens is 1. The van der Waals surface area contributed by atoms with Gasteiger partial charge in [0, 0.05) is 24.7 Å². The molecule has 158 valence electrons. The van der Waals surface area contributed by atoms with Gasteiger partial charge in [-0.15, -0.1) is 0 Å². The fraction of sp³-hybridized carbons (Fsp3) is 0.200. The van der Waals surface area contributed by atoms with Crippen LogP contribution in [-0.4, -0.2) is 30.1 Å². The first-order valence-corrected chi connectivity index (χ1v) is 10.2. The van der Waals surface area contributed by atoms with E-state index in [-0.39, 0.29) is 16.8 Å². The number of rotatable bonds is 5. The minimum absolute atomic E-state index is 0.0264. The maximum atomic E-state index is 13.9. The predicted molar refractivity (Wildman–Crippen MR) is 119 cm³/mol. The van der Waals surface area contributed by atoms with Crippen LogP contribution in [0.15, 0.2) is 66.7 Å². The van der Waals surface area contributed by atoms with E-state index in [4.69, 9.17) is 0 Å². The first-order valence-electron chi connectivity index (χ1n) is 10.2. The molecule has 31 heavy (non-hydrogen) atoms. The number of benzene rings is 3. The number of carbonyl (C=O) groups is 2. The van der Waals surface area contributed by atoms with Crippen molar-refractivity contribution in [1.29, 1.82) is 0 Å². The number of aryl methyl sites for hydroxylation is 1. The van der Waals surface area contributed by atoms with E-state index in [1.54, 1.807) is 24.3 Å². The van der Waals surface area contributed by atoms with Crippen LogP contribution < -0.4 is 10.2 Å². The quantitative estimate of drug-likeness (QED) is 0.606. The summed E-state index contributed by atoms with van der Waals surface area (Å²) in [4.78, 5) is 26.4. The van der Waals surface area contributed by atoms with Gasteiger partial charge in [-0.25, -0.2) is 9.18 Å². The Kier molecular flexibility index (Phi) is 5.71. The highest BCUT2D eigenvalue weighted by Crippen LogP contribution is 2.34. The number of anilines is 2. The third-order valence-electron chi connectivity index (χ3n) is 5.78. The SMILES string of the molecule is Cc1ccccc1C1CCN(c2ccc(NC(=O)c3ccccc3F)c(C(=O)O)c2)C1. The molecule has 6 heteroatoms. The minimum atomic E-state index is -1.15. The van der Waals surface area contributed by atoms with E-state index in [2.05, 4.69) is 29.3 Å². The Morgan fingerprint density at radius 2 is 1.77 bits per heavy atom. The maximum Gasteiger partial charge on any atom is 0.337 e. The summed E-state index contributed by atoms with van der Waals surface area (Å²) in [5.74, 6) is -2.11. The zero-order valence-electron chi connectivity index (χ0n) is 17.1. The summed E-state index contributed by atoms with van der Waals surface area (Å²) < 4.78 is 13.9. The summed E-state index contributed by atoms with van der Waals surface area (Å²) in [5, 5.41) is 12.2. The van der Waals surface area contributed by atoms with Crippen molar-refractivity contribution in [2.45, 2.75) is 19.3 Å². The Hall–Kier alpha value is -3.67. The van der Waals surface area contributed by atoms with Gasteiger partial charge in [0.25, 0.3) is 5.91 Å². The molecule has 1 saturated heterocycles. The molecule has 0 aromatic heterocycles. The van der Waals surface area contributed by atoms with Crippen molar-refractivity contribution in [2.24, 2.45) is 0 Å². The lowest BCUT2D eigenvalue weighted by Crippen LogP contribution is -2.21. The molecule has 0 aliphatic carbocycles.